The minimum absolute atomic E-state index is 0.328. The average Bonchev–Trinajstić information content (AvgIpc) is 2.15. The molecular weight excluding hydrogens is 209 g/mol. The predicted molar refractivity (Wildman–Crippen MR) is 49.5 cm³/mol. The third-order valence-corrected chi connectivity index (χ3v) is 1.88. The number of rotatable bonds is 3. The zero-order valence-corrected chi connectivity index (χ0v) is 8.12. The molecule has 0 saturated heterocycles. The lowest BCUT2D eigenvalue weighted by molar-refractivity contribution is -0.119. The molecule has 3 nitrogen and oxygen atoms in total. The first-order valence-corrected chi connectivity index (χ1v) is 4.25. The van der Waals surface area contributed by atoms with E-state index < -0.39 is 12.7 Å². The second-order valence-electron chi connectivity index (χ2n) is 3.13. The number of aliphatic hydroxyl groups is 1. The Bertz CT molecular complexity index is 327. The van der Waals surface area contributed by atoms with Crippen molar-refractivity contribution in [2.24, 2.45) is 0 Å². The molecule has 0 bridgehead atoms. The molecule has 15 heavy (non-hydrogen) atoms. The zero-order chi connectivity index (χ0) is 11.5. The molecule has 0 aliphatic heterocycles. The Hall–Kier alpha value is -1.30. The molecule has 0 atom stereocenters. The highest BCUT2D eigenvalue weighted by atomic mass is 19.4. The van der Waals surface area contributed by atoms with Crippen LogP contribution in [0.15, 0.2) is 18.5 Å². The second kappa shape index (κ2) is 4.48. The van der Waals surface area contributed by atoms with Crippen LogP contribution in [0.2, 0.25) is 0 Å². The van der Waals surface area contributed by atoms with E-state index in [1.54, 1.807) is 0 Å². The molecule has 0 radical (unpaired) electrons. The summed E-state index contributed by atoms with van der Waals surface area (Å²) >= 11 is 0. The highest BCUT2D eigenvalue weighted by Gasteiger charge is 2.29. The summed E-state index contributed by atoms with van der Waals surface area (Å²) in [6.45, 7) is -1.38. The van der Waals surface area contributed by atoms with E-state index in [0.717, 1.165) is 4.90 Å². The highest BCUT2D eigenvalue weighted by molar-refractivity contribution is 5.51. The number of aliphatic hydroxyl groups excluding tert-OH is 1. The fraction of sp³-hybridized carbons (Fsp3) is 0.444. The highest BCUT2D eigenvalue weighted by Crippen LogP contribution is 2.23. The van der Waals surface area contributed by atoms with Gasteiger partial charge in [-0.25, -0.2) is 0 Å². The van der Waals surface area contributed by atoms with Crippen LogP contribution in [0.1, 0.15) is 5.56 Å². The van der Waals surface area contributed by atoms with Gasteiger partial charge >= 0.3 is 6.18 Å². The molecular formula is C9H11F3N2O. The number of pyridine rings is 1. The fourth-order valence-electron chi connectivity index (χ4n) is 1.27. The molecule has 1 aromatic rings. The molecule has 84 valence electrons. The molecule has 1 N–H and O–H groups in total. The van der Waals surface area contributed by atoms with Gasteiger partial charge in [0.2, 0.25) is 0 Å². The van der Waals surface area contributed by atoms with Crippen LogP contribution in [0.5, 0.6) is 0 Å². The molecule has 0 fully saturated rings. The number of alkyl halides is 3. The third kappa shape index (κ3) is 3.39. The van der Waals surface area contributed by atoms with E-state index in [4.69, 9.17) is 5.11 Å². The van der Waals surface area contributed by atoms with Crippen molar-refractivity contribution >= 4 is 5.69 Å². The molecule has 0 saturated carbocycles. The summed E-state index contributed by atoms with van der Waals surface area (Å²) in [5.74, 6) is 0. The summed E-state index contributed by atoms with van der Waals surface area (Å²) in [6, 6.07) is 1.44. The van der Waals surface area contributed by atoms with Gasteiger partial charge in [0.15, 0.2) is 0 Å². The van der Waals surface area contributed by atoms with Crippen molar-refractivity contribution in [3.8, 4) is 0 Å². The van der Waals surface area contributed by atoms with E-state index in [-0.39, 0.29) is 6.61 Å². The van der Waals surface area contributed by atoms with Crippen molar-refractivity contribution in [2.45, 2.75) is 12.8 Å². The summed E-state index contributed by atoms with van der Waals surface area (Å²) < 4.78 is 36.3. The number of anilines is 1. The van der Waals surface area contributed by atoms with E-state index in [2.05, 4.69) is 4.98 Å². The van der Waals surface area contributed by atoms with Gasteiger partial charge in [-0.1, -0.05) is 0 Å². The van der Waals surface area contributed by atoms with Crippen LogP contribution in [0.4, 0.5) is 18.9 Å². The maximum absolute atomic E-state index is 12.1. The number of halogens is 3. The molecule has 0 spiro atoms. The molecule has 0 unspecified atom stereocenters. The topological polar surface area (TPSA) is 36.4 Å². The van der Waals surface area contributed by atoms with E-state index in [1.807, 2.05) is 0 Å². The lowest BCUT2D eigenvalue weighted by atomic mass is 10.2. The number of hydrogen-bond acceptors (Lipinski definition) is 3. The maximum atomic E-state index is 12.1. The summed E-state index contributed by atoms with van der Waals surface area (Å²) in [4.78, 5) is 4.76. The Morgan fingerprint density at radius 2 is 2.13 bits per heavy atom. The fourth-order valence-corrected chi connectivity index (χ4v) is 1.27. The van der Waals surface area contributed by atoms with Crippen molar-refractivity contribution in [1.82, 2.24) is 4.98 Å². The summed E-state index contributed by atoms with van der Waals surface area (Å²) in [5.41, 5.74) is 0.717. The van der Waals surface area contributed by atoms with Crippen molar-refractivity contribution in [3.63, 3.8) is 0 Å². The van der Waals surface area contributed by atoms with E-state index >= 15 is 0 Å². The Morgan fingerprint density at radius 1 is 1.47 bits per heavy atom. The van der Waals surface area contributed by atoms with Crippen LogP contribution in [-0.4, -0.2) is 29.9 Å². The first-order chi connectivity index (χ1) is 6.94. The van der Waals surface area contributed by atoms with Gasteiger partial charge in [0.05, 0.1) is 6.61 Å². The molecule has 1 heterocycles. The molecule has 0 aromatic carbocycles. The standard InChI is InChI=1S/C9H11F3N2O/c1-14(6-9(10,11)12)8-2-3-13-4-7(8)5-15/h2-4,15H,5-6H2,1H3. The van der Waals surface area contributed by atoms with Gasteiger partial charge in [-0.3, -0.25) is 4.98 Å². The first-order valence-electron chi connectivity index (χ1n) is 4.25. The van der Waals surface area contributed by atoms with Crippen molar-refractivity contribution in [3.05, 3.63) is 24.0 Å². The van der Waals surface area contributed by atoms with Crippen molar-refractivity contribution in [1.29, 1.82) is 0 Å². The molecule has 0 aliphatic rings. The Kier molecular flexibility index (Phi) is 3.52. The summed E-state index contributed by atoms with van der Waals surface area (Å²) in [5, 5.41) is 8.92. The zero-order valence-electron chi connectivity index (χ0n) is 8.12. The predicted octanol–water partition coefficient (Wildman–Crippen LogP) is 1.57. The summed E-state index contributed by atoms with van der Waals surface area (Å²) in [6.07, 6.45) is -1.52. The first kappa shape index (κ1) is 11.8. The summed E-state index contributed by atoms with van der Waals surface area (Å²) in [7, 11) is 1.32. The lowest BCUT2D eigenvalue weighted by Crippen LogP contribution is -2.31. The van der Waals surface area contributed by atoms with Gasteiger partial charge in [0.1, 0.15) is 6.54 Å². The normalized spacial score (nSPS) is 11.5. The van der Waals surface area contributed by atoms with Crippen LogP contribution < -0.4 is 4.90 Å². The van der Waals surface area contributed by atoms with Crippen LogP contribution in [-0.2, 0) is 6.61 Å². The largest absolute Gasteiger partial charge is 0.405 e. The Morgan fingerprint density at radius 3 is 2.67 bits per heavy atom. The number of hydrogen-bond donors (Lipinski definition) is 1. The van der Waals surface area contributed by atoms with E-state index in [1.165, 1.54) is 25.5 Å². The SMILES string of the molecule is CN(CC(F)(F)F)c1ccncc1CO. The van der Waals surface area contributed by atoms with Gasteiger partial charge < -0.3 is 10.0 Å². The van der Waals surface area contributed by atoms with Gasteiger partial charge in [0.25, 0.3) is 0 Å². The molecule has 0 amide bonds. The van der Waals surface area contributed by atoms with Gasteiger partial charge in [-0.05, 0) is 6.07 Å². The maximum Gasteiger partial charge on any atom is 0.405 e. The van der Waals surface area contributed by atoms with Crippen LogP contribution in [0, 0.1) is 0 Å². The van der Waals surface area contributed by atoms with E-state index in [0.29, 0.717) is 11.3 Å². The van der Waals surface area contributed by atoms with Gasteiger partial charge in [-0.2, -0.15) is 13.2 Å². The Labute approximate surface area is 85.2 Å². The quantitative estimate of drug-likeness (QED) is 0.840. The van der Waals surface area contributed by atoms with Gasteiger partial charge in [0, 0.05) is 30.7 Å². The van der Waals surface area contributed by atoms with Crippen molar-refractivity contribution in [2.75, 3.05) is 18.5 Å². The average molecular weight is 220 g/mol. The molecule has 6 heteroatoms. The van der Waals surface area contributed by atoms with Crippen molar-refractivity contribution < 1.29 is 18.3 Å². The minimum Gasteiger partial charge on any atom is -0.392 e. The van der Waals surface area contributed by atoms with Gasteiger partial charge in [-0.15, -0.1) is 0 Å². The molecule has 0 aliphatic carbocycles. The van der Waals surface area contributed by atoms with Crippen LogP contribution in [0.3, 0.4) is 0 Å². The minimum atomic E-state index is -4.26. The second-order valence-corrected chi connectivity index (χ2v) is 3.13. The molecule has 1 aromatic heterocycles. The number of nitrogens with zero attached hydrogens (tertiary/aromatic N) is 2. The molecule has 1 rings (SSSR count). The van der Waals surface area contributed by atoms with Crippen LogP contribution in [0.25, 0.3) is 0 Å². The lowest BCUT2D eigenvalue weighted by Gasteiger charge is -2.22. The monoisotopic (exact) mass is 220 g/mol. The smallest absolute Gasteiger partial charge is 0.392 e. The van der Waals surface area contributed by atoms with E-state index in [9.17, 15) is 13.2 Å². The third-order valence-electron chi connectivity index (χ3n) is 1.88. The number of aromatic nitrogens is 1. The Balaban J connectivity index is 2.86. The van der Waals surface area contributed by atoms with Crippen LogP contribution >= 0.6 is 0 Å².